The van der Waals surface area contributed by atoms with E-state index in [9.17, 15) is 19.0 Å². The van der Waals surface area contributed by atoms with E-state index in [0.29, 0.717) is 17.4 Å². The Hall–Kier alpha value is -2.81. The molecule has 2 N–H and O–H groups in total. The SMILES string of the molecule is CC/C=C\C/C=C\C/C=C\C/C=C\C/C=C\C/C=C\CCCCCCCCCCC(=O)OC(/C=C\CCCCCCCCCCCC)C(COP(=O)(O)OCC[N+](C)(C)C)NC(=O)CCCCCCCCCCCCCCCC. The van der Waals surface area contributed by atoms with Crippen molar-refractivity contribution in [2.24, 2.45) is 0 Å². The fourth-order valence-corrected chi connectivity index (χ4v) is 10.0. The van der Waals surface area contributed by atoms with Crippen LogP contribution in [0.25, 0.3) is 0 Å². The molecule has 0 rings (SSSR count). The number of esters is 1. The van der Waals surface area contributed by atoms with Gasteiger partial charge in [-0.1, -0.05) is 280 Å². The number of phosphoric acid groups is 1. The molecule has 0 aromatic carbocycles. The van der Waals surface area contributed by atoms with Crippen LogP contribution in [0.15, 0.2) is 85.1 Å². The van der Waals surface area contributed by atoms with Crippen molar-refractivity contribution >= 4 is 19.7 Å². The van der Waals surface area contributed by atoms with Crippen LogP contribution < -0.4 is 5.32 Å². The van der Waals surface area contributed by atoms with Crippen LogP contribution in [0.4, 0.5) is 0 Å². The van der Waals surface area contributed by atoms with E-state index in [4.69, 9.17) is 13.8 Å². The van der Waals surface area contributed by atoms with Crippen LogP contribution in [0.2, 0.25) is 0 Å². The van der Waals surface area contributed by atoms with Crippen LogP contribution in [0.1, 0.15) is 290 Å². The van der Waals surface area contributed by atoms with Gasteiger partial charge in [-0.15, -0.1) is 0 Å². The molecule has 3 unspecified atom stereocenters. The lowest BCUT2D eigenvalue weighted by Crippen LogP contribution is -2.47. The fraction of sp³-hybridized carbons (Fsp3) is 0.768. The summed E-state index contributed by atoms with van der Waals surface area (Å²) < 4.78 is 30.7. The van der Waals surface area contributed by atoms with Crippen molar-refractivity contribution in [1.29, 1.82) is 0 Å². The molecule has 0 aliphatic heterocycles. The third kappa shape index (κ3) is 59.6. The van der Waals surface area contributed by atoms with Gasteiger partial charge in [-0.05, 0) is 83.1 Å². The van der Waals surface area contributed by atoms with Gasteiger partial charge < -0.3 is 19.4 Å². The Bertz CT molecular complexity index is 1630. The Labute approximate surface area is 488 Å². The molecule has 0 aliphatic rings. The number of quaternary nitrogens is 1. The molecule has 3 atom stereocenters. The minimum atomic E-state index is -4.45. The van der Waals surface area contributed by atoms with Crippen molar-refractivity contribution in [3.05, 3.63) is 85.1 Å². The Morgan fingerprint density at radius 2 is 0.810 bits per heavy atom. The lowest BCUT2D eigenvalue weighted by molar-refractivity contribution is -0.870. The number of carbonyl (C=O) groups is 2. The van der Waals surface area contributed by atoms with Gasteiger partial charge in [-0.2, -0.15) is 0 Å². The highest BCUT2D eigenvalue weighted by Gasteiger charge is 2.30. The molecule has 0 heterocycles. The van der Waals surface area contributed by atoms with Crippen LogP contribution in [0, 0.1) is 0 Å². The molecule has 0 fully saturated rings. The molecule has 0 saturated carbocycles. The normalized spacial score (nSPS) is 14.2. The summed E-state index contributed by atoms with van der Waals surface area (Å²) in [6.07, 6.45) is 77.2. The van der Waals surface area contributed by atoms with Crippen molar-refractivity contribution in [3.63, 3.8) is 0 Å². The van der Waals surface area contributed by atoms with E-state index >= 15 is 0 Å². The maximum atomic E-state index is 13.5. The highest BCUT2D eigenvalue weighted by molar-refractivity contribution is 7.47. The van der Waals surface area contributed by atoms with Gasteiger partial charge in [0.25, 0.3) is 0 Å². The summed E-state index contributed by atoms with van der Waals surface area (Å²) in [5, 5.41) is 3.06. The predicted molar refractivity (Wildman–Crippen MR) is 341 cm³/mol. The number of unbranched alkanes of at least 4 members (excludes halogenated alkanes) is 31. The second-order valence-electron chi connectivity index (χ2n) is 23.3. The summed E-state index contributed by atoms with van der Waals surface area (Å²) in [5.41, 5.74) is 0. The maximum Gasteiger partial charge on any atom is 0.472 e. The summed E-state index contributed by atoms with van der Waals surface area (Å²) in [5.74, 6) is -0.510. The summed E-state index contributed by atoms with van der Waals surface area (Å²) in [6.45, 7) is 6.91. The van der Waals surface area contributed by atoms with Gasteiger partial charge in [-0.3, -0.25) is 18.6 Å². The number of ether oxygens (including phenoxy) is 1. The number of carbonyl (C=O) groups excluding carboxylic acids is 2. The molecule has 9 nitrogen and oxygen atoms in total. The highest BCUT2D eigenvalue weighted by Crippen LogP contribution is 2.43. The van der Waals surface area contributed by atoms with Crippen molar-refractivity contribution in [2.75, 3.05) is 40.9 Å². The first-order valence-corrected chi connectivity index (χ1v) is 34.4. The molecule has 10 heteroatoms. The Morgan fingerprint density at radius 1 is 0.456 bits per heavy atom. The number of hydrogen-bond acceptors (Lipinski definition) is 6. The third-order valence-electron chi connectivity index (χ3n) is 14.3. The zero-order valence-corrected chi connectivity index (χ0v) is 53.2. The van der Waals surface area contributed by atoms with Crippen LogP contribution in [0.5, 0.6) is 0 Å². The molecule has 458 valence electrons. The summed E-state index contributed by atoms with van der Waals surface area (Å²) in [7, 11) is 1.49. The second-order valence-corrected chi connectivity index (χ2v) is 24.7. The van der Waals surface area contributed by atoms with E-state index in [1.807, 2.05) is 33.3 Å². The number of rotatable bonds is 59. The van der Waals surface area contributed by atoms with Crippen LogP contribution >= 0.6 is 7.82 Å². The van der Waals surface area contributed by atoms with Crippen molar-refractivity contribution < 1.29 is 37.3 Å². The number of nitrogens with zero attached hydrogens (tertiary/aromatic N) is 1. The molecular weight excluding hydrogens is 1000 g/mol. The fourth-order valence-electron chi connectivity index (χ4n) is 9.30. The molecule has 0 spiro atoms. The largest absolute Gasteiger partial charge is 0.472 e. The number of amides is 1. The number of phosphoric ester groups is 1. The first-order valence-electron chi connectivity index (χ1n) is 32.9. The first kappa shape index (κ1) is 76.2. The predicted octanol–water partition coefficient (Wildman–Crippen LogP) is 20.6. The van der Waals surface area contributed by atoms with E-state index in [1.54, 1.807) is 0 Å². The number of likely N-dealkylation sites (N-methyl/N-ethyl adjacent to an activating group) is 1. The molecular formula is C69H126N2O7P+. The van der Waals surface area contributed by atoms with Crippen molar-refractivity contribution in [3.8, 4) is 0 Å². The summed E-state index contributed by atoms with van der Waals surface area (Å²) in [4.78, 5) is 37.8. The molecule has 0 saturated heterocycles. The summed E-state index contributed by atoms with van der Waals surface area (Å²) in [6, 6.07) is -0.853. The Balaban J connectivity index is 5.11. The molecule has 1 amide bonds. The third-order valence-corrected chi connectivity index (χ3v) is 15.3. The topological polar surface area (TPSA) is 111 Å². The van der Waals surface area contributed by atoms with Gasteiger partial charge >= 0.3 is 13.8 Å². The smallest absolute Gasteiger partial charge is 0.456 e. The van der Waals surface area contributed by atoms with E-state index < -0.39 is 20.0 Å². The monoisotopic (exact) mass is 1130 g/mol. The van der Waals surface area contributed by atoms with Gasteiger partial charge in [0, 0.05) is 12.8 Å². The number of hydrogen-bond donors (Lipinski definition) is 2. The van der Waals surface area contributed by atoms with Crippen molar-refractivity contribution in [1.82, 2.24) is 5.32 Å². The van der Waals surface area contributed by atoms with E-state index in [-0.39, 0.29) is 31.5 Å². The minimum Gasteiger partial charge on any atom is -0.456 e. The number of allylic oxidation sites excluding steroid dienone is 13. The van der Waals surface area contributed by atoms with Gasteiger partial charge in [0.15, 0.2) is 0 Å². The Kier molecular flexibility index (Phi) is 56.3. The summed E-state index contributed by atoms with van der Waals surface area (Å²) >= 11 is 0. The standard InChI is InChI=1S/C69H125N2O7P/c1-7-10-13-16-19-22-25-28-30-31-32-33-34-35-36-37-38-39-40-41-42-44-47-50-53-56-59-62-69(73)78-67(60-57-54-51-48-45-27-24-21-18-15-12-9-3)66(65-77-79(74,75)76-64-63-71(4,5)6)70-68(72)61-58-55-52-49-46-43-29-26-23-20-17-14-11-8-2/h10,13,19,22,28,30,32-33,35-36,38-39,57,60,66-67H,7-9,11-12,14-18,20-21,23-27,29,31,34,37,40-56,58-59,61-65H2,1-6H3,(H-,70,72,74,75)/p+1/b13-10-,22-19-,30-28-,33-32-,36-35-,39-38-,60-57-. The molecule has 0 aliphatic carbocycles. The molecule has 0 aromatic rings. The quantitative estimate of drug-likeness (QED) is 0.0205. The number of nitrogens with one attached hydrogen (secondary N) is 1. The van der Waals surface area contributed by atoms with E-state index in [1.165, 1.54) is 148 Å². The minimum absolute atomic E-state index is 0.0374. The maximum absolute atomic E-state index is 13.5. The van der Waals surface area contributed by atoms with Crippen molar-refractivity contribution in [2.45, 2.75) is 303 Å². The zero-order valence-electron chi connectivity index (χ0n) is 52.3. The Morgan fingerprint density at radius 3 is 1.22 bits per heavy atom. The lowest BCUT2D eigenvalue weighted by atomic mass is 10.0. The van der Waals surface area contributed by atoms with Gasteiger partial charge in [-0.25, -0.2) is 4.57 Å². The second kappa shape index (κ2) is 58.4. The van der Waals surface area contributed by atoms with Gasteiger partial charge in [0.05, 0.1) is 33.8 Å². The lowest BCUT2D eigenvalue weighted by Gasteiger charge is -2.27. The van der Waals surface area contributed by atoms with Crippen LogP contribution in [-0.2, 0) is 27.9 Å². The van der Waals surface area contributed by atoms with Gasteiger partial charge in [0.1, 0.15) is 19.3 Å². The van der Waals surface area contributed by atoms with E-state index in [2.05, 4.69) is 99.0 Å². The average molecular weight is 1130 g/mol. The van der Waals surface area contributed by atoms with Gasteiger partial charge in [0.2, 0.25) is 5.91 Å². The molecule has 79 heavy (non-hydrogen) atoms. The average Bonchev–Trinajstić information content (AvgIpc) is 3.41. The molecule has 0 aromatic heterocycles. The van der Waals surface area contributed by atoms with Crippen LogP contribution in [-0.4, -0.2) is 74.3 Å². The molecule has 0 radical (unpaired) electrons. The van der Waals surface area contributed by atoms with Crippen LogP contribution in [0.3, 0.4) is 0 Å². The zero-order chi connectivity index (χ0) is 57.9. The first-order chi connectivity index (χ1) is 38.4. The highest BCUT2D eigenvalue weighted by atomic mass is 31.2. The molecule has 0 bridgehead atoms. The van der Waals surface area contributed by atoms with E-state index in [0.717, 1.165) is 109 Å².